The van der Waals surface area contributed by atoms with Crippen molar-refractivity contribution in [1.82, 2.24) is 5.43 Å². The van der Waals surface area contributed by atoms with E-state index in [9.17, 15) is 0 Å². The normalized spacial score (nSPS) is 9.82. The van der Waals surface area contributed by atoms with Crippen LogP contribution in [0.3, 0.4) is 0 Å². The van der Waals surface area contributed by atoms with Gasteiger partial charge in [0.05, 0.1) is 12.5 Å². The Morgan fingerprint density at radius 1 is 1.64 bits per heavy atom. The van der Waals surface area contributed by atoms with Gasteiger partial charge in [0.2, 0.25) is 0 Å². The lowest BCUT2D eigenvalue weighted by Crippen LogP contribution is -2.06. The third-order valence-electron chi connectivity index (χ3n) is 1.22. The van der Waals surface area contributed by atoms with Crippen LogP contribution < -0.4 is 5.43 Å². The van der Waals surface area contributed by atoms with Crippen LogP contribution in [0.2, 0.25) is 0 Å². The van der Waals surface area contributed by atoms with Crippen molar-refractivity contribution in [2.75, 3.05) is 6.54 Å². The molecule has 62 valence electrons. The van der Waals surface area contributed by atoms with Gasteiger partial charge in [-0.2, -0.15) is 10.4 Å². The van der Waals surface area contributed by atoms with Gasteiger partial charge in [-0.05, 0) is 12.8 Å². The molecule has 0 radical (unpaired) electrons. The quantitative estimate of drug-likeness (QED) is 0.358. The molecule has 0 atom stereocenters. The van der Waals surface area contributed by atoms with Gasteiger partial charge in [-0.25, -0.2) is 0 Å². The summed E-state index contributed by atoms with van der Waals surface area (Å²) in [5.41, 5.74) is 2.79. The summed E-state index contributed by atoms with van der Waals surface area (Å²) in [5.74, 6) is 0. The lowest BCUT2D eigenvalue weighted by atomic mass is 10.3. The molecule has 0 bridgehead atoms. The molecule has 0 unspecified atom stereocenters. The number of rotatable bonds is 6. The zero-order chi connectivity index (χ0) is 8.36. The summed E-state index contributed by atoms with van der Waals surface area (Å²) >= 11 is 0. The van der Waals surface area contributed by atoms with Crippen LogP contribution in [-0.2, 0) is 0 Å². The monoisotopic (exact) mass is 153 g/mol. The summed E-state index contributed by atoms with van der Waals surface area (Å²) in [5, 5.41) is 12.1. The highest BCUT2D eigenvalue weighted by Crippen LogP contribution is 1.88. The smallest absolute Gasteiger partial charge is 0.0640 e. The van der Waals surface area contributed by atoms with Crippen LogP contribution in [-0.4, -0.2) is 12.8 Å². The van der Waals surface area contributed by atoms with E-state index in [1.54, 1.807) is 0 Å². The number of unbranched alkanes of at least 4 members (excludes halogenated alkanes) is 2. The summed E-state index contributed by atoms with van der Waals surface area (Å²) in [4.78, 5) is 0. The van der Waals surface area contributed by atoms with E-state index in [1.165, 1.54) is 12.8 Å². The van der Waals surface area contributed by atoms with Crippen LogP contribution in [0, 0.1) is 11.3 Å². The summed E-state index contributed by atoms with van der Waals surface area (Å²) in [6.45, 7) is 2.80. The van der Waals surface area contributed by atoms with Crippen LogP contribution in [0.1, 0.15) is 32.6 Å². The summed E-state index contributed by atoms with van der Waals surface area (Å²) < 4.78 is 0. The molecule has 0 amide bonds. The van der Waals surface area contributed by atoms with Crippen molar-refractivity contribution in [3.05, 3.63) is 0 Å². The fourth-order valence-corrected chi connectivity index (χ4v) is 0.601. The highest BCUT2D eigenvalue weighted by Gasteiger charge is 1.79. The third-order valence-corrected chi connectivity index (χ3v) is 1.22. The molecule has 0 heterocycles. The van der Waals surface area contributed by atoms with E-state index in [0.717, 1.165) is 6.42 Å². The Hall–Kier alpha value is -1.04. The van der Waals surface area contributed by atoms with Gasteiger partial charge in [-0.3, -0.25) is 0 Å². The van der Waals surface area contributed by atoms with Crippen LogP contribution in [0.4, 0.5) is 0 Å². The van der Waals surface area contributed by atoms with Gasteiger partial charge in [-0.1, -0.05) is 13.3 Å². The van der Waals surface area contributed by atoms with Crippen molar-refractivity contribution in [3.63, 3.8) is 0 Å². The molecule has 0 fully saturated rings. The molecule has 0 aromatic rings. The molecule has 0 saturated carbocycles. The first-order valence-electron chi connectivity index (χ1n) is 4.03. The molecule has 3 heteroatoms. The highest BCUT2D eigenvalue weighted by molar-refractivity contribution is 5.56. The molecule has 0 aromatic carbocycles. The topological polar surface area (TPSA) is 48.2 Å². The van der Waals surface area contributed by atoms with E-state index < -0.39 is 0 Å². The van der Waals surface area contributed by atoms with Crippen molar-refractivity contribution in [1.29, 1.82) is 5.26 Å². The van der Waals surface area contributed by atoms with E-state index in [1.807, 2.05) is 12.3 Å². The Morgan fingerprint density at radius 3 is 3.09 bits per heavy atom. The SMILES string of the molecule is CCCC/C=N/NCCC#N. The fourth-order valence-electron chi connectivity index (χ4n) is 0.601. The summed E-state index contributed by atoms with van der Waals surface area (Å²) in [6, 6.07) is 2.03. The summed E-state index contributed by atoms with van der Waals surface area (Å²) in [7, 11) is 0. The Labute approximate surface area is 68.1 Å². The molecule has 0 aliphatic carbocycles. The van der Waals surface area contributed by atoms with Gasteiger partial charge in [0.15, 0.2) is 0 Å². The second-order valence-corrected chi connectivity index (χ2v) is 2.27. The number of hydrogen-bond acceptors (Lipinski definition) is 3. The van der Waals surface area contributed by atoms with E-state index in [2.05, 4.69) is 17.5 Å². The first kappa shape index (κ1) is 9.96. The van der Waals surface area contributed by atoms with Gasteiger partial charge in [-0.15, -0.1) is 0 Å². The van der Waals surface area contributed by atoms with E-state index in [4.69, 9.17) is 5.26 Å². The minimum absolute atomic E-state index is 0.519. The molecular formula is C8H15N3. The van der Waals surface area contributed by atoms with Crippen LogP contribution in [0.25, 0.3) is 0 Å². The minimum atomic E-state index is 0.519. The fraction of sp³-hybridized carbons (Fsp3) is 0.750. The van der Waals surface area contributed by atoms with E-state index >= 15 is 0 Å². The maximum Gasteiger partial charge on any atom is 0.0640 e. The largest absolute Gasteiger partial charge is 0.309 e. The first-order chi connectivity index (χ1) is 5.41. The average molecular weight is 153 g/mol. The Kier molecular flexibility index (Phi) is 8.11. The Balaban J connectivity index is 2.98. The van der Waals surface area contributed by atoms with Crippen molar-refractivity contribution >= 4 is 6.21 Å². The van der Waals surface area contributed by atoms with Crippen LogP contribution in [0.5, 0.6) is 0 Å². The second-order valence-electron chi connectivity index (χ2n) is 2.27. The third kappa shape index (κ3) is 8.96. The number of nitrogens with zero attached hydrogens (tertiary/aromatic N) is 2. The molecular weight excluding hydrogens is 138 g/mol. The minimum Gasteiger partial charge on any atom is -0.309 e. The van der Waals surface area contributed by atoms with Crippen LogP contribution >= 0.6 is 0 Å². The number of nitrogens with one attached hydrogen (secondary N) is 1. The molecule has 0 aliphatic heterocycles. The molecule has 3 nitrogen and oxygen atoms in total. The van der Waals surface area contributed by atoms with Gasteiger partial charge in [0.1, 0.15) is 0 Å². The standard InChI is InChI=1S/C8H15N3/c1-2-3-4-7-10-11-8-5-6-9/h7,11H,2-5,8H2,1H3/b10-7+. The number of nitriles is 1. The van der Waals surface area contributed by atoms with Crippen molar-refractivity contribution in [2.24, 2.45) is 5.10 Å². The molecule has 0 spiro atoms. The highest BCUT2D eigenvalue weighted by atomic mass is 15.3. The van der Waals surface area contributed by atoms with Gasteiger partial charge in [0.25, 0.3) is 0 Å². The van der Waals surface area contributed by atoms with E-state index in [-0.39, 0.29) is 0 Å². The first-order valence-corrected chi connectivity index (χ1v) is 4.03. The number of hydrogen-bond donors (Lipinski definition) is 1. The van der Waals surface area contributed by atoms with Crippen molar-refractivity contribution < 1.29 is 0 Å². The zero-order valence-corrected chi connectivity index (χ0v) is 7.01. The lowest BCUT2D eigenvalue weighted by Gasteiger charge is -1.92. The molecule has 11 heavy (non-hydrogen) atoms. The maximum absolute atomic E-state index is 8.17. The lowest BCUT2D eigenvalue weighted by molar-refractivity contribution is 0.742. The zero-order valence-electron chi connectivity index (χ0n) is 7.01. The molecule has 0 rings (SSSR count). The van der Waals surface area contributed by atoms with E-state index in [0.29, 0.717) is 13.0 Å². The van der Waals surface area contributed by atoms with Crippen LogP contribution in [0.15, 0.2) is 5.10 Å². The molecule has 1 N–H and O–H groups in total. The molecule has 0 saturated heterocycles. The number of hydrazone groups is 1. The second kappa shape index (κ2) is 8.96. The van der Waals surface area contributed by atoms with Crippen molar-refractivity contribution in [3.8, 4) is 6.07 Å². The maximum atomic E-state index is 8.17. The van der Waals surface area contributed by atoms with Gasteiger partial charge in [0, 0.05) is 12.8 Å². The molecule has 0 aromatic heterocycles. The van der Waals surface area contributed by atoms with Gasteiger partial charge >= 0.3 is 0 Å². The average Bonchev–Trinajstić information content (AvgIpc) is 2.03. The Morgan fingerprint density at radius 2 is 2.45 bits per heavy atom. The molecule has 0 aliphatic rings. The van der Waals surface area contributed by atoms with Crippen molar-refractivity contribution in [2.45, 2.75) is 32.6 Å². The Bertz CT molecular complexity index is 135. The predicted octanol–water partition coefficient (Wildman–Crippen LogP) is 1.67. The van der Waals surface area contributed by atoms with Gasteiger partial charge < -0.3 is 5.43 Å². The summed E-state index contributed by atoms with van der Waals surface area (Å²) in [6.07, 6.45) is 5.79. The predicted molar refractivity (Wildman–Crippen MR) is 46.2 cm³/mol.